The maximum Gasteiger partial charge on any atom is 0.309 e. The highest BCUT2D eigenvalue weighted by atomic mass is 16.4. The molecule has 5 heteroatoms. The van der Waals surface area contributed by atoms with Crippen molar-refractivity contribution in [3.63, 3.8) is 0 Å². The molecule has 0 saturated carbocycles. The van der Waals surface area contributed by atoms with Crippen molar-refractivity contribution in [2.45, 2.75) is 51.5 Å². The van der Waals surface area contributed by atoms with Gasteiger partial charge in [-0.1, -0.05) is 66.7 Å². The van der Waals surface area contributed by atoms with Crippen LogP contribution in [0.25, 0.3) is 11.1 Å². The topological polar surface area (TPSA) is 77.8 Å². The van der Waals surface area contributed by atoms with E-state index in [0.29, 0.717) is 12.8 Å². The van der Waals surface area contributed by atoms with Crippen molar-refractivity contribution in [2.75, 3.05) is 11.4 Å². The second kappa shape index (κ2) is 9.45. The molecule has 3 aromatic rings. The molecule has 1 fully saturated rings. The minimum Gasteiger partial charge on any atom is -0.481 e. The van der Waals surface area contributed by atoms with E-state index in [1.165, 1.54) is 27.8 Å². The number of aliphatic carboxylic acids is 2. The minimum atomic E-state index is -0.908. The highest BCUT2D eigenvalue weighted by Gasteiger charge is 2.43. The van der Waals surface area contributed by atoms with Crippen LogP contribution in [0.1, 0.15) is 62.1 Å². The highest BCUT2D eigenvalue weighted by molar-refractivity contribution is 5.86. The van der Waals surface area contributed by atoms with Crippen LogP contribution in [0.3, 0.4) is 0 Å². The van der Waals surface area contributed by atoms with Crippen molar-refractivity contribution in [3.05, 3.63) is 89.5 Å². The second-order valence-corrected chi connectivity index (χ2v) is 10.8. The lowest BCUT2D eigenvalue weighted by Gasteiger charge is -2.36. The Balaban J connectivity index is 1.62. The Labute approximate surface area is 212 Å². The van der Waals surface area contributed by atoms with Crippen LogP contribution in [-0.2, 0) is 9.59 Å². The van der Waals surface area contributed by atoms with E-state index in [9.17, 15) is 19.8 Å². The monoisotopic (exact) mass is 483 g/mol. The Hall–Kier alpha value is -3.60. The van der Waals surface area contributed by atoms with Gasteiger partial charge in [0.1, 0.15) is 0 Å². The highest BCUT2D eigenvalue weighted by Crippen LogP contribution is 2.53. The average Bonchev–Trinajstić information content (AvgIpc) is 3.41. The molecule has 5 rings (SSSR count). The summed E-state index contributed by atoms with van der Waals surface area (Å²) in [6.45, 7) is 4.34. The number of anilines is 1. The average molecular weight is 484 g/mol. The first-order valence-corrected chi connectivity index (χ1v) is 12.8. The van der Waals surface area contributed by atoms with Gasteiger partial charge in [-0.3, -0.25) is 9.59 Å². The summed E-state index contributed by atoms with van der Waals surface area (Å²) in [5.41, 5.74) is 6.49. The molecule has 3 aromatic carbocycles. The fourth-order valence-electron chi connectivity index (χ4n) is 6.23. The molecule has 1 aliphatic carbocycles. The summed E-state index contributed by atoms with van der Waals surface area (Å²) in [5.74, 6) is -1.39. The van der Waals surface area contributed by atoms with Crippen molar-refractivity contribution in [1.82, 2.24) is 0 Å². The van der Waals surface area contributed by atoms with Crippen molar-refractivity contribution >= 4 is 17.6 Å². The smallest absolute Gasteiger partial charge is 0.309 e. The fraction of sp³-hybridized carbons (Fsp3) is 0.355. The van der Waals surface area contributed by atoms with E-state index < -0.39 is 17.4 Å². The molecule has 1 saturated heterocycles. The molecule has 186 valence electrons. The van der Waals surface area contributed by atoms with Gasteiger partial charge in [-0.25, -0.2) is 0 Å². The number of carboxylic acids is 2. The van der Waals surface area contributed by atoms with Gasteiger partial charge in [-0.15, -0.1) is 0 Å². The molecule has 0 bridgehead atoms. The molecule has 3 atom stereocenters. The summed E-state index contributed by atoms with van der Waals surface area (Å²) < 4.78 is 0. The van der Waals surface area contributed by atoms with Crippen LogP contribution >= 0.6 is 0 Å². The predicted octanol–water partition coefficient (Wildman–Crippen LogP) is 6.41. The Kier molecular flexibility index (Phi) is 6.33. The van der Waals surface area contributed by atoms with E-state index >= 15 is 0 Å². The van der Waals surface area contributed by atoms with E-state index in [0.717, 1.165) is 18.7 Å². The first kappa shape index (κ1) is 24.1. The summed E-state index contributed by atoms with van der Waals surface area (Å²) in [7, 11) is 0. The van der Waals surface area contributed by atoms with E-state index in [1.54, 1.807) is 13.8 Å². The summed E-state index contributed by atoms with van der Waals surface area (Å²) in [6.07, 6.45) is 2.00. The van der Waals surface area contributed by atoms with Gasteiger partial charge >= 0.3 is 11.9 Å². The van der Waals surface area contributed by atoms with Gasteiger partial charge in [-0.05, 0) is 72.9 Å². The predicted molar refractivity (Wildman–Crippen MR) is 141 cm³/mol. The number of fused-ring (bicyclic) bond motifs is 3. The first-order chi connectivity index (χ1) is 17.3. The minimum absolute atomic E-state index is 0.0397. The SMILES string of the molecule is CC(C)(C[C@@H]1[C@H](CCC(=O)O)CCN1c1cccc2c1C(c1ccccc1)c1ccccc1-2)C(=O)O. The molecule has 0 radical (unpaired) electrons. The standard InChI is InChI=1S/C31H33NO4/c1-31(2,30(35)36)19-26-20(15-16-27(33)34)17-18-32(26)25-14-8-13-24-22-11-6-7-12-23(22)28(29(24)25)21-9-4-3-5-10-21/h3-14,20,26,28H,15-19H2,1-2H3,(H,33,34)(H,35,36)/t20-,26-,28?/m1/s1. The lowest BCUT2D eigenvalue weighted by atomic mass is 9.80. The fourth-order valence-corrected chi connectivity index (χ4v) is 6.23. The number of rotatable bonds is 8. The molecule has 36 heavy (non-hydrogen) atoms. The maximum absolute atomic E-state index is 12.1. The number of hydrogen-bond donors (Lipinski definition) is 2. The van der Waals surface area contributed by atoms with Gasteiger partial charge in [-0.2, -0.15) is 0 Å². The van der Waals surface area contributed by atoms with Crippen LogP contribution in [0.4, 0.5) is 5.69 Å². The summed E-state index contributed by atoms with van der Waals surface area (Å²) in [6, 6.07) is 25.5. The summed E-state index contributed by atoms with van der Waals surface area (Å²) in [4.78, 5) is 25.9. The molecule has 1 aliphatic heterocycles. The molecule has 2 N–H and O–H groups in total. The summed E-state index contributed by atoms with van der Waals surface area (Å²) in [5, 5.41) is 19.3. The molecule has 1 unspecified atom stereocenters. The third-order valence-corrected chi connectivity index (χ3v) is 8.09. The van der Waals surface area contributed by atoms with Crippen molar-refractivity contribution in [3.8, 4) is 11.1 Å². The zero-order chi connectivity index (χ0) is 25.4. The molecule has 0 aromatic heterocycles. The number of hydrogen-bond acceptors (Lipinski definition) is 3. The van der Waals surface area contributed by atoms with Gasteiger partial charge < -0.3 is 15.1 Å². The third kappa shape index (κ3) is 4.27. The first-order valence-electron chi connectivity index (χ1n) is 12.8. The zero-order valence-electron chi connectivity index (χ0n) is 20.9. The quantitative estimate of drug-likeness (QED) is 0.303. The normalized spacial score (nSPS) is 20.7. The second-order valence-electron chi connectivity index (χ2n) is 10.8. The van der Waals surface area contributed by atoms with Gasteiger partial charge in [0.15, 0.2) is 0 Å². The zero-order valence-corrected chi connectivity index (χ0v) is 20.9. The van der Waals surface area contributed by atoms with Crippen LogP contribution < -0.4 is 4.90 Å². The Bertz CT molecular complexity index is 1280. The maximum atomic E-state index is 12.1. The molecule has 2 aliphatic rings. The van der Waals surface area contributed by atoms with Gasteiger partial charge in [0.25, 0.3) is 0 Å². The van der Waals surface area contributed by atoms with Crippen LogP contribution in [-0.4, -0.2) is 34.7 Å². The van der Waals surface area contributed by atoms with E-state index in [2.05, 4.69) is 71.6 Å². The van der Waals surface area contributed by atoms with Crippen LogP contribution in [0.2, 0.25) is 0 Å². The van der Waals surface area contributed by atoms with Gasteiger partial charge in [0.05, 0.1) is 5.41 Å². The Morgan fingerprint density at radius 2 is 1.61 bits per heavy atom. The third-order valence-electron chi connectivity index (χ3n) is 8.09. The van der Waals surface area contributed by atoms with Crippen LogP contribution in [0.5, 0.6) is 0 Å². The molecule has 0 amide bonds. The summed E-state index contributed by atoms with van der Waals surface area (Å²) >= 11 is 0. The molecular weight excluding hydrogens is 450 g/mol. The van der Waals surface area contributed by atoms with E-state index in [4.69, 9.17) is 0 Å². The van der Waals surface area contributed by atoms with Gasteiger partial charge in [0.2, 0.25) is 0 Å². The van der Waals surface area contributed by atoms with Crippen molar-refractivity contribution in [2.24, 2.45) is 11.3 Å². The molecular formula is C31H33NO4. The Morgan fingerprint density at radius 3 is 2.33 bits per heavy atom. The lowest BCUT2D eigenvalue weighted by Crippen LogP contribution is -2.40. The van der Waals surface area contributed by atoms with E-state index in [-0.39, 0.29) is 24.3 Å². The van der Waals surface area contributed by atoms with Gasteiger partial charge in [0, 0.05) is 30.6 Å². The van der Waals surface area contributed by atoms with Crippen LogP contribution in [0, 0.1) is 11.3 Å². The van der Waals surface area contributed by atoms with Crippen LogP contribution in [0.15, 0.2) is 72.8 Å². The molecule has 5 nitrogen and oxygen atoms in total. The number of nitrogens with zero attached hydrogens (tertiary/aromatic N) is 1. The Morgan fingerprint density at radius 1 is 0.917 bits per heavy atom. The number of carbonyl (C=O) groups is 2. The van der Waals surface area contributed by atoms with Crippen molar-refractivity contribution in [1.29, 1.82) is 0 Å². The van der Waals surface area contributed by atoms with E-state index in [1.807, 2.05) is 6.07 Å². The lowest BCUT2D eigenvalue weighted by molar-refractivity contribution is -0.147. The largest absolute Gasteiger partial charge is 0.481 e. The molecule has 0 spiro atoms. The van der Waals surface area contributed by atoms with Crippen molar-refractivity contribution < 1.29 is 19.8 Å². The molecule has 1 heterocycles. The number of carboxylic acid groups (broad SMARTS) is 2. The number of benzene rings is 3.